The number of piperidine rings is 1. The van der Waals surface area contributed by atoms with Crippen LogP contribution in [0.25, 0.3) is 10.9 Å². The van der Waals surface area contributed by atoms with E-state index in [2.05, 4.69) is 27.3 Å². The summed E-state index contributed by atoms with van der Waals surface area (Å²) in [5.74, 6) is -0.150. The Bertz CT molecular complexity index is 1350. The molecule has 1 aliphatic heterocycles. The molecule has 4 aromatic rings. The van der Waals surface area contributed by atoms with E-state index in [-0.39, 0.29) is 11.8 Å². The summed E-state index contributed by atoms with van der Waals surface area (Å²) in [6.45, 7) is 3.30. The Balaban J connectivity index is 1.53. The number of carbonyl (C=O) groups excluding carboxylic acids is 1. The number of fused-ring (bicyclic) bond motifs is 1. The number of nitrogens with one attached hydrogen (secondary N) is 2. The summed E-state index contributed by atoms with van der Waals surface area (Å²) in [5.41, 5.74) is 5.49. The molecule has 1 saturated heterocycles. The van der Waals surface area contributed by atoms with Crippen molar-refractivity contribution in [3.8, 4) is 5.88 Å². The number of hydrogen-bond donors (Lipinski definition) is 3. The van der Waals surface area contributed by atoms with Crippen molar-refractivity contribution >= 4 is 28.2 Å². The van der Waals surface area contributed by atoms with Gasteiger partial charge in [-0.25, -0.2) is 4.99 Å². The lowest BCUT2D eigenvalue weighted by atomic mass is 10.00. The second-order valence-corrected chi connectivity index (χ2v) is 9.02. The maximum Gasteiger partial charge on any atom is 0.251 e. The Kier molecular flexibility index (Phi) is 6.64. The molecule has 0 bridgehead atoms. The smallest absolute Gasteiger partial charge is 0.251 e. The lowest BCUT2D eigenvalue weighted by Crippen LogP contribution is -2.28. The Morgan fingerprint density at radius 2 is 1.71 bits per heavy atom. The molecule has 1 aliphatic rings. The molecule has 1 aromatic heterocycles. The molecule has 2 heterocycles. The summed E-state index contributed by atoms with van der Waals surface area (Å²) in [7, 11) is 1.60. The van der Waals surface area contributed by atoms with E-state index < -0.39 is 0 Å². The number of likely N-dealkylation sites (tertiary alicyclic amines) is 1. The predicted molar refractivity (Wildman–Crippen MR) is 141 cm³/mol. The van der Waals surface area contributed by atoms with Crippen molar-refractivity contribution in [3.05, 3.63) is 95.1 Å². The van der Waals surface area contributed by atoms with E-state index in [4.69, 9.17) is 4.99 Å². The van der Waals surface area contributed by atoms with Crippen LogP contribution in [0.1, 0.15) is 46.3 Å². The van der Waals surface area contributed by atoms with Gasteiger partial charge in [0.05, 0.1) is 17.0 Å². The molecule has 0 radical (unpaired) electrons. The molecular formula is C29H30N4O2. The van der Waals surface area contributed by atoms with Crippen LogP contribution < -0.4 is 5.32 Å². The second kappa shape index (κ2) is 10.2. The fourth-order valence-corrected chi connectivity index (χ4v) is 4.75. The molecule has 3 N–H and O–H groups in total. The second-order valence-electron chi connectivity index (χ2n) is 9.02. The summed E-state index contributed by atoms with van der Waals surface area (Å²) in [4.78, 5) is 22.6. The van der Waals surface area contributed by atoms with E-state index in [1.54, 1.807) is 19.2 Å². The van der Waals surface area contributed by atoms with Crippen LogP contribution in [0.4, 0.5) is 5.69 Å². The maximum absolute atomic E-state index is 12.1. The Morgan fingerprint density at radius 1 is 0.971 bits per heavy atom. The largest absolute Gasteiger partial charge is 0.494 e. The number of nitrogens with zero attached hydrogens (tertiary/aromatic N) is 2. The number of rotatable bonds is 6. The Hall–Kier alpha value is -3.90. The van der Waals surface area contributed by atoms with Gasteiger partial charge in [-0.1, -0.05) is 55.0 Å². The topological polar surface area (TPSA) is 80.7 Å². The summed E-state index contributed by atoms with van der Waals surface area (Å²) in [6.07, 6.45) is 3.89. The molecule has 5 rings (SSSR count). The zero-order chi connectivity index (χ0) is 24.2. The van der Waals surface area contributed by atoms with Gasteiger partial charge in [-0.3, -0.25) is 9.69 Å². The van der Waals surface area contributed by atoms with E-state index in [1.165, 1.54) is 37.9 Å². The van der Waals surface area contributed by atoms with Crippen LogP contribution >= 0.6 is 0 Å². The van der Waals surface area contributed by atoms with Gasteiger partial charge >= 0.3 is 0 Å². The van der Waals surface area contributed by atoms with Crippen LogP contribution in [0.15, 0.2) is 77.8 Å². The number of H-pyrrole nitrogens is 1. The highest BCUT2D eigenvalue weighted by molar-refractivity contribution is 6.22. The minimum absolute atomic E-state index is 0.0263. The quantitative estimate of drug-likeness (QED) is 0.333. The molecule has 3 aromatic carbocycles. The molecule has 1 fully saturated rings. The predicted octanol–water partition coefficient (Wildman–Crippen LogP) is 5.39. The number of aromatic amines is 1. The molecule has 0 atom stereocenters. The van der Waals surface area contributed by atoms with Gasteiger partial charge in [0.25, 0.3) is 5.91 Å². The van der Waals surface area contributed by atoms with Crippen molar-refractivity contribution in [2.45, 2.75) is 25.8 Å². The number of aliphatic imine (C=N–C) groups is 1. The van der Waals surface area contributed by atoms with E-state index in [0.29, 0.717) is 22.4 Å². The van der Waals surface area contributed by atoms with Crippen LogP contribution in [0.2, 0.25) is 0 Å². The van der Waals surface area contributed by atoms with E-state index in [0.717, 1.165) is 23.2 Å². The minimum atomic E-state index is -0.177. The number of amides is 1. The lowest BCUT2D eigenvalue weighted by Gasteiger charge is -2.26. The molecule has 0 spiro atoms. The minimum Gasteiger partial charge on any atom is -0.494 e. The van der Waals surface area contributed by atoms with Gasteiger partial charge < -0.3 is 15.4 Å². The maximum atomic E-state index is 12.1. The SMILES string of the molecule is CNC(=O)c1ccc2c(C(=Nc3ccc(CN4CCCCC4)cc3)c3ccccc3)c(O)[nH]c2c1. The van der Waals surface area contributed by atoms with Gasteiger partial charge in [-0.2, -0.15) is 0 Å². The van der Waals surface area contributed by atoms with Gasteiger partial charge in [-0.05, 0) is 55.8 Å². The molecule has 6 nitrogen and oxygen atoms in total. The van der Waals surface area contributed by atoms with Crippen LogP contribution in [-0.4, -0.2) is 46.7 Å². The molecule has 35 heavy (non-hydrogen) atoms. The van der Waals surface area contributed by atoms with Crippen molar-refractivity contribution < 1.29 is 9.90 Å². The first-order valence-electron chi connectivity index (χ1n) is 12.1. The third-order valence-corrected chi connectivity index (χ3v) is 6.58. The Morgan fingerprint density at radius 3 is 2.43 bits per heavy atom. The van der Waals surface area contributed by atoms with Gasteiger partial charge in [0, 0.05) is 35.6 Å². The number of aromatic nitrogens is 1. The van der Waals surface area contributed by atoms with E-state index >= 15 is 0 Å². The number of benzene rings is 3. The van der Waals surface area contributed by atoms with Crippen LogP contribution in [0.3, 0.4) is 0 Å². The fourth-order valence-electron chi connectivity index (χ4n) is 4.75. The highest BCUT2D eigenvalue weighted by Crippen LogP contribution is 2.32. The fraction of sp³-hybridized carbons (Fsp3) is 0.241. The summed E-state index contributed by atoms with van der Waals surface area (Å²) < 4.78 is 0. The normalized spacial score (nSPS) is 14.8. The van der Waals surface area contributed by atoms with Crippen molar-refractivity contribution in [3.63, 3.8) is 0 Å². The monoisotopic (exact) mass is 466 g/mol. The first-order chi connectivity index (χ1) is 17.1. The number of carbonyl (C=O) groups is 1. The van der Waals surface area contributed by atoms with Crippen LogP contribution in [0, 0.1) is 0 Å². The van der Waals surface area contributed by atoms with Crippen LogP contribution in [-0.2, 0) is 6.54 Å². The third-order valence-electron chi connectivity index (χ3n) is 6.58. The van der Waals surface area contributed by atoms with Gasteiger partial charge in [0.2, 0.25) is 0 Å². The number of hydrogen-bond acceptors (Lipinski definition) is 4. The molecule has 1 amide bonds. The average molecular weight is 467 g/mol. The third kappa shape index (κ3) is 4.98. The molecule has 6 heteroatoms. The van der Waals surface area contributed by atoms with Gasteiger partial charge in [-0.15, -0.1) is 0 Å². The highest BCUT2D eigenvalue weighted by atomic mass is 16.3. The summed E-state index contributed by atoms with van der Waals surface area (Å²) in [5, 5.41) is 14.4. The summed E-state index contributed by atoms with van der Waals surface area (Å²) in [6, 6.07) is 23.6. The van der Waals surface area contributed by atoms with Gasteiger partial charge in [0.1, 0.15) is 0 Å². The number of aromatic hydroxyl groups is 1. The lowest BCUT2D eigenvalue weighted by molar-refractivity contribution is 0.0963. The van der Waals surface area contributed by atoms with Gasteiger partial charge in [0.15, 0.2) is 5.88 Å². The zero-order valence-corrected chi connectivity index (χ0v) is 19.9. The van der Waals surface area contributed by atoms with Crippen molar-refractivity contribution in [2.24, 2.45) is 4.99 Å². The van der Waals surface area contributed by atoms with E-state index in [1.807, 2.05) is 48.5 Å². The average Bonchev–Trinajstić information content (AvgIpc) is 3.23. The molecule has 0 unspecified atom stereocenters. The zero-order valence-electron chi connectivity index (χ0n) is 19.9. The molecule has 0 saturated carbocycles. The molecule has 178 valence electrons. The van der Waals surface area contributed by atoms with Crippen molar-refractivity contribution in [2.75, 3.05) is 20.1 Å². The van der Waals surface area contributed by atoms with Crippen LogP contribution in [0.5, 0.6) is 5.88 Å². The Labute approximate surface area is 205 Å². The van der Waals surface area contributed by atoms with Crippen molar-refractivity contribution in [1.82, 2.24) is 15.2 Å². The first kappa shape index (κ1) is 22.9. The molecule has 0 aliphatic carbocycles. The highest BCUT2D eigenvalue weighted by Gasteiger charge is 2.20. The summed E-state index contributed by atoms with van der Waals surface area (Å²) >= 11 is 0. The first-order valence-corrected chi connectivity index (χ1v) is 12.1. The standard InChI is InChI=1S/C29H30N4O2/c1-30-28(34)22-12-15-24-25(18-22)32-29(35)26(24)27(21-8-4-2-5-9-21)31-23-13-10-20(11-14-23)19-33-16-6-3-7-17-33/h2,4-5,8-15,18,32,35H,3,6-7,16-17,19H2,1H3,(H,30,34). The van der Waals surface area contributed by atoms with Crippen molar-refractivity contribution in [1.29, 1.82) is 0 Å². The molecular weight excluding hydrogens is 436 g/mol. The van der Waals surface area contributed by atoms with E-state index in [9.17, 15) is 9.90 Å².